The minimum Gasteiger partial charge on any atom is -0.309 e. The molecule has 0 aliphatic rings. The highest BCUT2D eigenvalue weighted by molar-refractivity contribution is 6.42. The van der Waals surface area contributed by atoms with Gasteiger partial charge in [0, 0.05) is 65.1 Å². The van der Waals surface area contributed by atoms with Gasteiger partial charge in [-0.25, -0.2) is 0 Å². The van der Waals surface area contributed by atoms with Crippen molar-refractivity contribution in [3.8, 4) is 16.8 Å². The van der Waals surface area contributed by atoms with Gasteiger partial charge in [0.15, 0.2) is 0 Å². The van der Waals surface area contributed by atoms with E-state index in [-0.39, 0.29) is 10.8 Å². The Morgan fingerprint density at radius 1 is 0.313 bits per heavy atom. The molecule has 10 aromatic carbocycles. The number of aromatic nitrogens is 3. The van der Waals surface area contributed by atoms with Crippen molar-refractivity contribution in [2.45, 2.75) is 52.4 Å². The van der Waals surface area contributed by atoms with E-state index >= 15 is 0 Å². The van der Waals surface area contributed by atoms with Crippen molar-refractivity contribution in [1.29, 1.82) is 0 Å². The van der Waals surface area contributed by atoms with E-state index in [1.165, 1.54) is 147 Å². The molecule has 3 heteroatoms. The standard InChI is InChI=1S/C64H47N3/c1-63(2,3)39-25-27-53-47(33-39)48-31-36-16-10-12-20-42(36)56-58-54(66(53)61(48)56)28-29-55-59(58)57-43-21-13-11-17-37(43)32-49-50-35-40(64(4,5)6)34-45(60(50)67(55)62(49)57)38-24-26-52-46(30-38)44-22-14-15-23-51(44)65(52)41-18-8-7-9-19-41/h7-35H,1-6H3. The molecule has 0 fully saturated rings. The Morgan fingerprint density at radius 3 is 1.51 bits per heavy atom. The highest BCUT2D eigenvalue weighted by Crippen LogP contribution is 2.52. The maximum absolute atomic E-state index is 2.66. The molecule has 0 unspecified atom stereocenters. The summed E-state index contributed by atoms with van der Waals surface area (Å²) in [4.78, 5) is 0. The molecule has 0 saturated carbocycles. The van der Waals surface area contributed by atoms with Gasteiger partial charge >= 0.3 is 0 Å². The Bertz CT molecular complexity index is 4620. The molecule has 318 valence electrons. The molecule has 15 rings (SSSR count). The van der Waals surface area contributed by atoms with Crippen LogP contribution >= 0.6 is 0 Å². The van der Waals surface area contributed by atoms with Gasteiger partial charge in [-0.1, -0.05) is 139 Å². The molecule has 0 bridgehead atoms. The second-order valence-corrected chi connectivity index (χ2v) is 21.3. The number of rotatable bonds is 2. The summed E-state index contributed by atoms with van der Waals surface area (Å²) in [6.07, 6.45) is 0. The predicted molar refractivity (Wildman–Crippen MR) is 288 cm³/mol. The smallest absolute Gasteiger partial charge is 0.0627 e. The van der Waals surface area contributed by atoms with Crippen molar-refractivity contribution in [2.75, 3.05) is 0 Å². The van der Waals surface area contributed by atoms with Crippen molar-refractivity contribution < 1.29 is 0 Å². The molecule has 0 atom stereocenters. The van der Waals surface area contributed by atoms with Crippen molar-refractivity contribution in [3.63, 3.8) is 0 Å². The summed E-state index contributed by atoms with van der Waals surface area (Å²) in [7, 11) is 0. The fourth-order valence-corrected chi connectivity index (χ4v) is 12.4. The summed E-state index contributed by atoms with van der Waals surface area (Å²) < 4.78 is 7.66. The lowest BCUT2D eigenvalue weighted by molar-refractivity contribution is 0.591. The molecule has 0 amide bonds. The largest absolute Gasteiger partial charge is 0.309 e. The predicted octanol–water partition coefficient (Wildman–Crippen LogP) is 17.7. The van der Waals surface area contributed by atoms with Crippen LogP contribution in [0.15, 0.2) is 176 Å². The maximum atomic E-state index is 2.66. The zero-order chi connectivity index (χ0) is 44.8. The van der Waals surface area contributed by atoms with E-state index in [0.717, 1.165) is 0 Å². The monoisotopic (exact) mass is 857 g/mol. The van der Waals surface area contributed by atoms with E-state index in [4.69, 9.17) is 0 Å². The van der Waals surface area contributed by atoms with Crippen molar-refractivity contribution in [1.82, 2.24) is 13.4 Å². The van der Waals surface area contributed by atoms with E-state index in [9.17, 15) is 0 Å². The molecule has 67 heavy (non-hydrogen) atoms. The number of fused-ring (bicyclic) bond motifs is 20. The van der Waals surface area contributed by atoms with Crippen LogP contribution in [0.2, 0.25) is 0 Å². The van der Waals surface area contributed by atoms with Crippen LogP contribution in [0.3, 0.4) is 0 Å². The van der Waals surface area contributed by atoms with E-state index in [1.54, 1.807) is 0 Å². The van der Waals surface area contributed by atoms with Crippen LogP contribution in [0, 0.1) is 0 Å². The van der Waals surface area contributed by atoms with Gasteiger partial charge in [0.2, 0.25) is 0 Å². The molecular formula is C64H47N3. The number of nitrogens with zero attached hydrogens (tertiary/aromatic N) is 3. The number of hydrogen-bond acceptors (Lipinski definition) is 0. The van der Waals surface area contributed by atoms with Crippen LogP contribution in [0.1, 0.15) is 52.7 Å². The molecule has 15 aromatic rings. The van der Waals surface area contributed by atoms with Crippen molar-refractivity contribution in [3.05, 3.63) is 187 Å². The molecule has 0 aliphatic carbocycles. The highest BCUT2D eigenvalue weighted by Gasteiger charge is 2.29. The SMILES string of the molecule is CC(C)(C)c1ccc2c(c1)c1cc3ccccc3c3c4c5c6c7ccccc7cc7c8cc(C(C)(C)C)cc(-c9ccc%10c(c9)c9ccccc9n%10-c9ccccc9)c8n(c5ccc4n2c13)c76. The third-order valence-electron chi connectivity index (χ3n) is 15.5. The van der Waals surface area contributed by atoms with Gasteiger partial charge in [0.05, 0.1) is 44.1 Å². The van der Waals surface area contributed by atoms with Crippen LogP contribution < -0.4 is 0 Å². The van der Waals surface area contributed by atoms with E-state index in [2.05, 4.69) is 231 Å². The first-order valence-corrected chi connectivity index (χ1v) is 23.9. The third-order valence-corrected chi connectivity index (χ3v) is 15.5. The first-order valence-electron chi connectivity index (χ1n) is 23.9. The lowest BCUT2D eigenvalue weighted by atomic mass is 9.83. The van der Waals surface area contributed by atoms with Crippen LogP contribution in [0.25, 0.3) is 136 Å². The average Bonchev–Trinajstić information content (AvgIpc) is 4.13. The fourth-order valence-electron chi connectivity index (χ4n) is 12.4. The van der Waals surface area contributed by atoms with E-state index in [0.29, 0.717) is 0 Å². The van der Waals surface area contributed by atoms with Crippen LogP contribution in [0.5, 0.6) is 0 Å². The van der Waals surface area contributed by atoms with Crippen molar-refractivity contribution in [2.24, 2.45) is 0 Å². The summed E-state index contributed by atoms with van der Waals surface area (Å²) in [6.45, 7) is 14.0. The molecule has 0 N–H and O–H groups in total. The summed E-state index contributed by atoms with van der Waals surface area (Å²) in [6, 6.07) is 67.1. The molecule has 5 aromatic heterocycles. The summed E-state index contributed by atoms with van der Waals surface area (Å²) >= 11 is 0. The first-order chi connectivity index (χ1) is 32.5. The highest BCUT2D eigenvalue weighted by atomic mass is 15.0. The van der Waals surface area contributed by atoms with Crippen LogP contribution in [-0.2, 0) is 10.8 Å². The van der Waals surface area contributed by atoms with Gasteiger partial charge in [0.1, 0.15) is 0 Å². The second-order valence-electron chi connectivity index (χ2n) is 21.3. The quantitative estimate of drug-likeness (QED) is 0.164. The van der Waals surface area contributed by atoms with Gasteiger partial charge in [-0.2, -0.15) is 0 Å². The molecule has 0 saturated heterocycles. The molecule has 5 heterocycles. The van der Waals surface area contributed by atoms with Crippen LogP contribution in [0.4, 0.5) is 0 Å². The lowest BCUT2D eigenvalue weighted by Gasteiger charge is -2.21. The van der Waals surface area contributed by atoms with Gasteiger partial charge in [-0.15, -0.1) is 0 Å². The molecule has 0 aliphatic heterocycles. The zero-order valence-corrected chi connectivity index (χ0v) is 38.6. The minimum absolute atomic E-state index is 0.0421. The minimum atomic E-state index is -0.0725. The molecular weight excluding hydrogens is 811 g/mol. The fraction of sp³-hybridized carbons (Fsp3) is 0.125. The van der Waals surface area contributed by atoms with Gasteiger partial charge in [-0.3, -0.25) is 0 Å². The van der Waals surface area contributed by atoms with Crippen molar-refractivity contribution >= 4 is 120 Å². The lowest BCUT2D eigenvalue weighted by Crippen LogP contribution is -2.11. The Kier molecular flexibility index (Phi) is 6.97. The topological polar surface area (TPSA) is 13.8 Å². The van der Waals surface area contributed by atoms with Gasteiger partial charge in [-0.05, 0) is 128 Å². The number of benzene rings is 10. The van der Waals surface area contributed by atoms with E-state index in [1.807, 2.05) is 0 Å². The summed E-state index contributed by atoms with van der Waals surface area (Å²) in [5.74, 6) is 0. The second kappa shape index (κ2) is 12.5. The van der Waals surface area contributed by atoms with Gasteiger partial charge < -0.3 is 13.4 Å². The first kappa shape index (κ1) is 37.4. The summed E-state index contributed by atoms with van der Waals surface area (Å²) in [5.41, 5.74) is 16.4. The summed E-state index contributed by atoms with van der Waals surface area (Å²) in [5, 5.41) is 18.3. The Morgan fingerprint density at radius 2 is 0.821 bits per heavy atom. The third kappa shape index (κ3) is 4.76. The average molecular weight is 858 g/mol. The molecule has 0 radical (unpaired) electrons. The maximum Gasteiger partial charge on any atom is 0.0627 e. The Balaban J connectivity index is 1.15. The zero-order valence-electron chi connectivity index (χ0n) is 38.6. The van der Waals surface area contributed by atoms with Gasteiger partial charge in [0.25, 0.3) is 0 Å². The number of hydrogen-bond donors (Lipinski definition) is 0. The van der Waals surface area contributed by atoms with E-state index < -0.39 is 0 Å². The normalized spacial score (nSPS) is 13.2. The molecule has 0 spiro atoms. The number of para-hydroxylation sites is 2. The van der Waals surface area contributed by atoms with Crippen LogP contribution in [-0.4, -0.2) is 13.4 Å². The Hall–Kier alpha value is -7.88. The molecule has 3 nitrogen and oxygen atoms in total. The Labute approximate surface area is 387 Å².